The number of fused-ring (bicyclic) bond motifs is 1. The first-order valence-electron chi connectivity index (χ1n) is 7.57. The largest absolute Gasteiger partial charge is 0.453 e. The number of halogens is 3. The van der Waals surface area contributed by atoms with Gasteiger partial charge in [0.25, 0.3) is 11.6 Å². The zero-order chi connectivity index (χ0) is 17.5. The summed E-state index contributed by atoms with van der Waals surface area (Å²) in [5.74, 6) is -0.820. The van der Waals surface area contributed by atoms with E-state index in [0.717, 1.165) is 4.52 Å². The molecule has 1 saturated heterocycles. The van der Waals surface area contributed by atoms with Gasteiger partial charge < -0.3 is 10.2 Å². The van der Waals surface area contributed by atoms with Crippen LogP contribution in [0.4, 0.5) is 19.0 Å². The number of alkyl halides is 3. The molecule has 0 unspecified atom stereocenters. The number of rotatable bonds is 2. The Morgan fingerprint density at radius 1 is 1.29 bits per heavy atom. The molecule has 1 amide bonds. The summed E-state index contributed by atoms with van der Waals surface area (Å²) in [6.07, 6.45) is -3.19. The lowest BCUT2D eigenvalue weighted by molar-refractivity contribution is -0.144. The number of hydrogen-bond acceptors (Lipinski definition) is 5. The highest BCUT2D eigenvalue weighted by Gasteiger charge is 2.37. The molecule has 0 aliphatic carbocycles. The monoisotopic (exact) mass is 342 g/mol. The van der Waals surface area contributed by atoms with E-state index in [9.17, 15) is 18.0 Å². The van der Waals surface area contributed by atoms with Crippen LogP contribution in [0, 0.1) is 6.92 Å². The van der Waals surface area contributed by atoms with Gasteiger partial charge in [0.15, 0.2) is 0 Å². The van der Waals surface area contributed by atoms with E-state index >= 15 is 0 Å². The number of amides is 1. The van der Waals surface area contributed by atoms with Gasteiger partial charge in [0.2, 0.25) is 5.91 Å². The Bertz CT molecular complexity index is 764. The Morgan fingerprint density at radius 3 is 2.54 bits per heavy atom. The first-order valence-corrected chi connectivity index (χ1v) is 7.57. The van der Waals surface area contributed by atoms with E-state index in [2.05, 4.69) is 20.4 Å². The third kappa shape index (κ3) is 3.26. The number of aromatic nitrogens is 4. The van der Waals surface area contributed by atoms with Crippen molar-refractivity contribution in [3.63, 3.8) is 0 Å². The van der Waals surface area contributed by atoms with Crippen molar-refractivity contribution in [1.82, 2.24) is 24.9 Å². The van der Waals surface area contributed by atoms with E-state index in [1.54, 1.807) is 13.0 Å². The number of nitrogens with one attached hydrogen (secondary N) is 1. The van der Waals surface area contributed by atoms with Crippen LogP contribution < -0.4 is 10.2 Å². The molecule has 10 heteroatoms. The maximum atomic E-state index is 12.9. The van der Waals surface area contributed by atoms with E-state index in [-0.39, 0.29) is 17.7 Å². The smallest absolute Gasteiger partial charge is 0.356 e. The Morgan fingerprint density at radius 2 is 1.96 bits per heavy atom. The third-order valence-electron chi connectivity index (χ3n) is 3.90. The Hall–Kier alpha value is -2.39. The second kappa shape index (κ2) is 5.91. The number of carbonyl (C=O) groups excluding carboxylic acids is 1. The van der Waals surface area contributed by atoms with Crippen molar-refractivity contribution in [2.75, 3.05) is 18.0 Å². The normalized spacial score (nSPS) is 16.6. The van der Waals surface area contributed by atoms with Gasteiger partial charge in [-0.2, -0.15) is 22.7 Å². The highest BCUT2D eigenvalue weighted by Crippen LogP contribution is 2.28. The average molecular weight is 342 g/mol. The summed E-state index contributed by atoms with van der Waals surface area (Å²) in [5.41, 5.74) is 0.572. The summed E-state index contributed by atoms with van der Waals surface area (Å²) in [7, 11) is 0. The van der Waals surface area contributed by atoms with Crippen LogP contribution in [0.1, 0.15) is 31.3 Å². The van der Waals surface area contributed by atoms with Gasteiger partial charge in [-0.15, -0.1) is 5.10 Å². The van der Waals surface area contributed by atoms with E-state index in [1.165, 1.54) is 6.92 Å². The summed E-state index contributed by atoms with van der Waals surface area (Å²) in [6, 6.07) is 1.78. The first-order chi connectivity index (χ1) is 11.2. The Kier molecular flexibility index (Phi) is 4.06. The number of carbonyl (C=O) groups is 1. The molecule has 2 aromatic rings. The zero-order valence-electron chi connectivity index (χ0n) is 13.3. The molecule has 2 aromatic heterocycles. The SMILES string of the molecule is CC(=O)NC1CCN(c2cc(C)nc3nc(C(F)(F)F)nn23)CC1. The van der Waals surface area contributed by atoms with Crippen LogP contribution in [0.2, 0.25) is 0 Å². The molecule has 1 fully saturated rings. The van der Waals surface area contributed by atoms with Crippen molar-refractivity contribution in [3.8, 4) is 0 Å². The number of anilines is 1. The lowest BCUT2D eigenvalue weighted by Crippen LogP contribution is -2.44. The number of piperidine rings is 1. The minimum Gasteiger partial charge on any atom is -0.356 e. The van der Waals surface area contributed by atoms with Crippen LogP contribution in [-0.2, 0) is 11.0 Å². The van der Waals surface area contributed by atoms with Gasteiger partial charge in [-0.3, -0.25) is 4.79 Å². The molecule has 130 valence electrons. The lowest BCUT2D eigenvalue weighted by atomic mass is 10.1. The molecular weight excluding hydrogens is 325 g/mol. The van der Waals surface area contributed by atoms with E-state index in [0.29, 0.717) is 37.4 Å². The highest BCUT2D eigenvalue weighted by atomic mass is 19.4. The van der Waals surface area contributed by atoms with Crippen LogP contribution in [0.25, 0.3) is 5.78 Å². The highest BCUT2D eigenvalue weighted by molar-refractivity contribution is 5.73. The topological polar surface area (TPSA) is 75.4 Å². The number of aryl methyl sites for hydroxylation is 1. The van der Waals surface area contributed by atoms with Gasteiger partial charge >= 0.3 is 6.18 Å². The summed E-state index contributed by atoms with van der Waals surface area (Å²) in [5, 5.41) is 6.44. The fraction of sp³-hybridized carbons (Fsp3) is 0.571. The standard InChI is InChI=1S/C14H17F3N6O/c1-8-7-11(22-5-3-10(4-6-22)19-9(2)24)23-13(18-8)20-12(21-23)14(15,16)17/h7,10H,3-6H2,1-2H3,(H,19,24). The molecule has 7 nitrogen and oxygen atoms in total. The predicted molar refractivity (Wildman–Crippen MR) is 79.6 cm³/mol. The number of nitrogens with zero attached hydrogens (tertiary/aromatic N) is 5. The van der Waals surface area contributed by atoms with Crippen LogP contribution >= 0.6 is 0 Å². The van der Waals surface area contributed by atoms with Crippen LogP contribution in [0.3, 0.4) is 0 Å². The van der Waals surface area contributed by atoms with Gasteiger partial charge in [-0.05, 0) is 19.8 Å². The van der Waals surface area contributed by atoms with Gasteiger partial charge in [-0.1, -0.05) is 0 Å². The Labute approximate surface area is 135 Å². The molecule has 1 aliphatic heterocycles. The van der Waals surface area contributed by atoms with Crippen molar-refractivity contribution >= 4 is 17.5 Å². The van der Waals surface area contributed by atoms with Crippen LogP contribution in [-0.4, -0.2) is 44.6 Å². The summed E-state index contributed by atoms with van der Waals surface area (Å²) >= 11 is 0. The van der Waals surface area contributed by atoms with Crippen molar-refractivity contribution in [3.05, 3.63) is 17.6 Å². The third-order valence-corrected chi connectivity index (χ3v) is 3.90. The molecule has 1 N–H and O–H groups in total. The van der Waals surface area contributed by atoms with Crippen LogP contribution in [0.5, 0.6) is 0 Å². The molecule has 0 atom stereocenters. The first kappa shape index (κ1) is 16.5. The molecule has 24 heavy (non-hydrogen) atoms. The van der Waals surface area contributed by atoms with Crippen molar-refractivity contribution in [2.24, 2.45) is 0 Å². The fourth-order valence-electron chi connectivity index (χ4n) is 2.85. The maximum Gasteiger partial charge on any atom is 0.453 e. The lowest BCUT2D eigenvalue weighted by Gasteiger charge is -2.33. The molecule has 0 saturated carbocycles. The molecule has 1 aliphatic rings. The molecular formula is C14H17F3N6O. The summed E-state index contributed by atoms with van der Waals surface area (Å²) in [6.45, 7) is 4.38. The second-order valence-corrected chi connectivity index (χ2v) is 5.86. The second-order valence-electron chi connectivity index (χ2n) is 5.86. The molecule has 0 spiro atoms. The molecule has 3 rings (SSSR count). The fourth-order valence-corrected chi connectivity index (χ4v) is 2.85. The molecule has 3 heterocycles. The minimum absolute atomic E-state index is 0.0682. The number of hydrogen-bond donors (Lipinski definition) is 1. The Balaban J connectivity index is 1.89. The van der Waals surface area contributed by atoms with Crippen molar-refractivity contribution in [2.45, 2.75) is 38.9 Å². The van der Waals surface area contributed by atoms with E-state index in [1.807, 2.05) is 4.90 Å². The maximum absolute atomic E-state index is 12.9. The minimum atomic E-state index is -4.61. The van der Waals surface area contributed by atoms with E-state index in [4.69, 9.17) is 0 Å². The van der Waals surface area contributed by atoms with Gasteiger partial charge in [0.05, 0.1) is 0 Å². The predicted octanol–water partition coefficient (Wildman–Crippen LogP) is 1.56. The van der Waals surface area contributed by atoms with Gasteiger partial charge in [-0.25, -0.2) is 4.98 Å². The van der Waals surface area contributed by atoms with Gasteiger partial charge in [0, 0.05) is 37.8 Å². The van der Waals surface area contributed by atoms with E-state index < -0.39 is 12.0 Å². The van der Waals surface area contributed by atoms with Crippen LogP contribution in [0.15, 0.2) is 6.07 Å². The molecule has 0 bridgehead atoms. The van der Waals surface area contributed by atoms with Gasteiger partial charge in [0.1, 0.15) is 5.82 Å². The zero-order valence-corrected chi connectivity index (χ0v) is 13.3. The summed E-state index contributed by atoms with van der Waals surface area (Å²) < 4.78 is 39.7. The van der Waals surface area contributed by atoms with Crippen molar-refractivity contribution in [1.29, 1.82) is 0 Å². The van der Waals surface area contributed by atoms with Crippen molar-refractivity contribution < 1.29 is 18.0 Å². The average Bonchev–Trinajstić information content (AvgIpc) is 2.90. The summed E-state index contributed by atoms with van der Waals surface area (Å²) in [4.78, 5) is 20.6. The molecule has 0 radical (unpaired) electrons. The molecule has 0 aromatic carbocycles. The quantitative estimate of drug-likeness (QED) is 0.896.